The van der Waals surface area contributed by atoms with Crippen LogP contribution in [0.15, 0.2) is 23.1 Å². The van der Waals surface area contributed by atoms with Gasteiger partial charge in [-0.15, -0.1) is 0 Å². The fraction of sp³-hybridized carbons (Fsp3) is 0.682. The molecule has 4 rings (SSSR count). The van der Waals surface area contributed by atoms with Gasteiger partial charge in [-0.1, -0.05) is 20.3 Å². The minimum Gasteiger partial charge on any atom is -0.370 e. The van der Waals surface area contributed by atoms with Gasteiger partial charge in [-0.05, 0) is 74.4 Å². The van der Waals surface area contributed by atoms with E-state index in [2.05, 4.69) is 15.5 Å². The summed E-state index contributed by atoms with van der Waals surface area (Å²) < 4.78 is 27.6. The van der Waals surface area contributed by atoms with E-state index in [1.165, 1.54) is 30.0 Å². The van der Waals surface area contributed by atoms with E-state index in [-0.39, 0.29) is 0 Å². The monoisotopic (exact) mass is 450 g/mol. The standard InChI is InChI=1S/C22H34N4O2S2/c1-3-26(4-2)30(27,28)18-9-10-21(25-11-5-6-12-25)20(15-18)24-22(29)23-19-14-16-7-8-17(19)13-16/h9-10,15-17,19H,3-8,11-14H2,1-2H3,(H2,23,24,29). The molecule has 166 valence electrons. The lowest BCUT2D eigenvalue weighted by molar-refractivity contribution is 0.392. The van der Waals surface area contributed by atoms with Crippen LogP contribution in [0.4, 0.5) is 11.4 Å². The fourth-order valence-corrected chi connectivity index (χ4v) is 7.22. The molecular weight excluding hydrogens is 416 g/mol. The second kappa shape index (κ2) is 9.01. The van der Waals surface area contributed by atoms with Crippen molar-refractivity contribution in [2.75, 3.05) is 36.4 Å². The summed E-state index contributed by atoms with van der Waals surface area (Å²) in [4.78, 5) is 2.63. The van der Waals surface area contributed by atoms with Crippen molar-refractivity contribution >= 4 is 38.7 Å². The molecule has 6 nitrogen and oxygen atoms in total. The van der Waals surface area contributed by atoms with Gasteiger partial charge in [0.05, 0.1) is 16.3 Å². The first kappa shape index (κ1) is 21.8. The molecule has 30 heavy (non-hydrogen) atoms. The van der Waals surface area contributed by atoms with E-state index in [4.69, 9.17) is 12.2 Å². The first-order chi connectivity index (χ1) is 14.4. The molecule has 2 N–H and O–H groups in total. The Morgan fingerprint density at radius 2 is 1.90 bits per heavy atom. The second-order valence-electron chi connectivity index (χ2n) is 8.84. The molecular formula is C22H34N4O2S2. The van der Waals surface area contributed by atoms with Gasteiger partial charge in [-0.3, -0.25) is 0 Å². The van der Waals surface area contributed by atoms with Gasteiger partial charge in [0.25, 0.3) is 0 Å². The third kappa shape index (κ3) is 4.32. The number of nitrogens with one attached hydrogen (secondary N) is 2. The number of thiocarbonyl (C=S) groups is 1. The molecule has 3 atom stereocenters. The van der Waals surface area contributed by atoms with Crippen molar-refractivity contribution in [3.63, 3.8) is 0 Å². The van der Waals surface area contributed by atoms with Crippen molar-refractivity contribution in [3.8, 4) is 0 Å². The summed E-state index contributed by atoms with van der Waals surface area (Å²) in [6.07, 6.45) is 7.48. The minimum absolute atomic E-state index is 0.319. The molecule has 3 aliphatic rings. The van der Waals surface area contributed by atoms with Crippen LogP contribution in [-0.4, -0.2) is 50.1 Å². The molecule has 2 aliphatic carbocycles. The highest BCUT2D eigenvalue weighted by Gasteiger charge is 2.39. The Labute approximate surface area is 186 Å². The smallest absolute Gasteiger partial charge is 0.243 e. The first-order valence-electron chi connectivity index (χ1n) is 11.4. The first-order valence-corrected chi connectivity index (χ1v) is 13.2. The summed E-state index contributed by atoms with van der Waals surface area (Å²) in [6, 6.07) is 5.88. The average Bonchev–Trinajstić information content (AvgIpc) is 3.47. The Hall–Kier alpha value is -1.38. The number of anilines is 2. The molecule has 2 bridgehead atoms. The third-order valence-electron chi connectivity index (χ3n) is 7.06. The maximum atomic E-state index is 13.1. The number of rotatable bonds is 7. The molecule has 1 aliphatic heterocycles. The van der Waals surface area contributed by atoms with Crippen molar-refractivity contribution in [2.24, 2.45) is 11.8 Å². The van der Waals surface area contributed by atoms with Crippen LogP contribution in [0.5, 0.6) is 0 Å². The Morgan fingerprint density at radius 3 is 2.50 bits per heavy atom. The Balaban J connectivity index is 1.57. The predicted octanol–water partition coefficient (Wildman–Crippen LogP) is 3.79. The minimum atomic E-state index is -3.52. The van der Waals surface area contributed by atoms with E-state index in [9.17, 15) is 8.42 Å². The van der Waals surface area contributed by atoms with Gasteiger partial charge in [0, 0.05) is 32.2 Å². The van der Waals surface area contributed by atoms with Crippen LogP contribution >= 0.6 is 12.2 Å². The zero-order valence-corrected chi connectivity index (χ0v) is 19.7. The number of sulfonamides is 1. The molecule has 0 amide bonds. The van der Waals surface area contributed by atoms with Gasteiger partial charge < -0.3 is 15.5 Å². The fourth-order valence-electron chi connectivity index (χ4n) is 5.47. The van der Waals surface area contributed by atoms with Crippen LogP contribution in [0.25, 0.3) is 0 Å². The molecule has 0 spiro atoms. The summed E-state index contributed by atoms with van der Waals surface area (Å²) in [6.45, 7) is 6.63. The number of benzene rings is 1. The lowest BCUT2D eigenvalue weighted by Gasteiger charge is -2.27. The molecule has 1 heterocycles. The molecule has 8 heteroatoms. The molecule has 3 fully saturated rings. The zero-order chi connectivity index (χ0) is 21.3. The third-order valence-corrected chi connectivity index (χ3v) is 9.33. The topological polar surface area (TPSA) is 64.7 Å². The van der Waals surface area contributed by atoms with E-state index in [0.29, 0.717) is 29.1 Å². The molecule has 0 radical (unpaired) electrons. The van der Waals surface area contributed by atoms with Gasteiger partial charge in [-0.2, -0.15) is 4.31 Å². The van der Waals surface area contributed by atoms with Crippen LogP contribution in [-0.2, 0) is 10.0 Å². The number of nitrogens with zero attached hydrogens (tertiary/aromatic N) is 2. The zero-order valence-electron chi connectivity index (χ0n) is 18.1. The van der Waals surface area contributed by atoms with Crippen molar-refractivity contribution in [1.29, 1.82) is 0 Å². The number of hydrogen-bond donors (Lipinski definition) is 2. The highest BCUT2D eigenvalue weighted by atomic mass is 32.2. The lowest BCUT2D eigenvalue weighted by Crippen LogP contribution is -2.41. The number of fused-ring (bicyclic) bond motifs is 2. The highest BCUT2D eigenvalue weighted by molar-refractivity contribution is 7.89. The molecule has 3 unspecified atom stereocenters. The second-order valence-corrected chi connectivity index (χ2v) is 11.2. The molecule has 1 aromatic carbocycles. The van der Waals surface area contributed by atoms with E-state index in [1.54, 1.807) is 12.1 Å². The Morgan fingerprint density at radius 1 is 1.17 bits per heavy atom. The Bertz CT molecular complexity index is 879. The van der Waals surface area contributed by atoms with E-state index in [1.807, 2.05) is 19.9 Å². The largest absolute Gasteiger partial charge is 0.370 e. The van der Waals surface area contributed by atoms with Crippen molar-refractivity contribution < 1.29 is 8.42 Å². The summed E-state index contributed by atoms with van der Waals surface area (Å²) in [7, 11) is -3.52. The molecule has 0 aromatic heterocycles. The predicted molar refractivity (Wildman–Crippen MR) is 127 cm³/mol. The quantitative estimate of drug-likeness (QED) is 0.616. The van der Waals surface area contributed by atoms with Crippen LogP contribution < -0.4 is 15.5 Å². The summed E-state index contributed by atoms with van der Waals surface area (Å²) in [5.41, 5.74) is 1.81. The van der Waals surface area contributed by atoms with Gasteiger partial charge >= 0.3 is 0 Å². The maximum absolute atomic E-state index is 13.1. The van der Waals surface area contributed by atoms with Gasteiger partial charge in [0.1, 0.15) is 0 Å². The van der Waals surface area contributed by atoms with Crippen LogP contribution in [0.2, 0.25) is 0 Å². The lowest BCUT2D eigenvalue weighted by atomic mass is 9.95. The van der Waals surface area contributed by atoms with Crippen molar-refractivity contribution in [2.45, 2.75) is 63.3 Å². The van der Waals surface area contributed by atoms with Gasteiger partial charge in [0.15, 0.2) is 5.11 Å². The van der Waals surface area contributed by atoms with Gasteiger partial charge in [-0.25, -0.2) is 8.42 Å². The highest BCUT2D eigenvalue weighted by Crippen LogP contribution is 2.44. The van der Waals surface area contributed by atoms with Crippen molar-refractivity contribution in [1.82, 2.24) is 9.62 Å². The van der Waals surface area contributed by atoms with Gasteiger partial charge in [0.2, 0.25) is 10.0 Å². The summed E-state index contributed by atoms with van der Waals surface area (Å²) >= 11 is 5.66. The average molecular weight is 451 g/mol. The summed E-state index contributed by atoms with van der Waals surface area (Å²) in [5.74, 6) is 1.57. The van der Waals surface area contributed by atoms with Crippen molar-refractivity contribution in [3.05, 3.63) is 18.2 Å². The Kier molecular flexibility index (Phi) is 6.55. The van der Waals surface area contributed by atoms with E-state index >= 15 is 0 Å². The summed E-state index contributed by atoms with van der Waals surface area (Å²) in [5, 5.41) is 7.48. The number of hydrogen-bond acceptors (Lipinski definition) is 4. The SMILES string of the molecule is CCN(CC)S(=O)(=O)c1ccc(N2CCCC2)c(NC(=S)NC2CC3CCC2C3)c1. The van der Waals surface area contributed by atoms with Crippen LogP contribution in [0.1, 0.15) is 52.4 Å². The molecule has 1 aromatic rings. The molecule has 2 saturated carbocycles. The van der Waals surface area contributed by atoms with E-state index < -0.39 is 10.0 Å². The normalized spacial score (nSPS) is 25.8. The maximum Gasteiger partial charge on any atom is 0.243 e. The van der Waals surface area contributed by atoms with E-state index in [0.717, 1.165) is 49.1 Å². The molecule has 1 saturated heterocycles. The van der Waals surface area contributed by atoms with Crippen LogP contribution in [0.3, 0.4) is 0 Å². The van der Waals surface area contributed by atoms with Crippen LogP contribution in [0, 0.1) is 11.8 Å².